The fourth-order valence-electron chi connectivity index (χ4n) is 2.24. The quantitative estimate of drug-likeness (QED) is 0.852. The predicted octanol–water partition coefficient (Wildman–Crippen LogP) is 2.15. The number of nitrogens with two attached hydrogens (primary N) is 1. The second kappa shape index (κ2) is 7.49. The number of carbonyl (C=O) groups is 1. The lowest BCUT2D eigenvalue weighted by atomic mass is 10.1. The van der Waals surface area contributed by atoms with Crippen LogP contribution in [0.2, 0.25) is 0 Å². The molecule has 23 heavy (non-hydrogen) atoms. The van der Waals surface area contributed by atoms with Gasteiger partial charge < -0.3 is 20.3 Å². The van der Waals surface area contributed by atoms with Gasteiger partial charge in [0.2, 0.25) is 0 Å². The molecule has 0 spiro atoms. The zero-order chi connectivity index (χ0) is 16.8. The van der Waals surface area contributed by atoms with Crippen LogP contribution in [-0.4, -0.2) is 25.2 Å². The van der Waals surface area contributed by atoms with Crippen molar-refractivity contribution in [3.63, 3.8) is 0 Å². The van der Waals surface area contributed by atoms with Crippen molar-refractivity contribution in [2.45, 2.75) is 19.8 Å². The lowest BCUT2D eigenvalue weighted by Crippen LogP contribution is -2.19. The van der Waals surface area contributed by atoms with E-state index >= 15 is 0 Å². The second-order valence-electron chi connectivity index (χ2n) is 5.05. The third-order valence-electron chi connectivity index (χ3n) is 3.46. The first kappa shape index (κ1) is 16.6. The normalized spacial score (nSPS) is 11.3. The average molecular weight is 315 g/mol. The molecule has 0 radical (unpaired) electrons. The Morgan fingerprint density at radius 1 is 1.39 bits per heavy atom. The van der Waals surface area contributed by atoms with E-state index in [1.165, 1.54) is 0 Å². The summed E-state index contributed by atoms with van der Waals surface area (Å²) in [5, 5.41) is 6.53. The van der Waals surface area contributed by atoms with E-state index in [1.807, 2.05) is 31.2 Å². The maximum Gasteiger partial charge on any atom is 0.256 e. The molecule has 122 valence electrons. The average Bonchev–Trinajstić information content (AvgIpc) is 2.97. The molecule has 1 amide bonds. The molecule has 0 aliphatic heterocycles. The highest BCUT2D eigenvalue weighted by atomic mass is 16.5. The number of aromatic nitrogens is 1. The fraction of sp³-hybridized carbons (Fsp3) is 0.294. The van der Waals surface area contributed by atoms with Gasteiger partial charge in [0.1, 0.15) is 11.3 Å². The van der Waals surface area contributed by atoms with Crippen molar-refractivity contribution >= 4 is 12.0 Å². The van der Waals surface area contributed by atoms with Crippen LogP contribution in [0.25, 0.3) is 6.08 Å². The third-order valence-corrected chi connectivity index (χ3v) is 3.46. The Morgan fingerprint density at radius 3 is 2.65 bits per heavy atom. The molecule has 3 N–H and O–H groups in total. The molecule has 0 atom stereocenters. The lowest BCUT2D eigenvalue weighted by Gasteiger charge is -2.04. The fourth-order valence-corrected chi connectivity index (χ4v) is 2.24. The second-order valence-corrected chi connectivity index (χ2v) is 5.05. The number of ether oxygens (including phenoxy) is 1. The number of benzene rings is 1. The van der Waals surface area contributed by atoms with Gasteiger partial charge in [-0.05, 0) is 24.1 Å². The first-order chi connectivity index (χ1) is 11.1. The zero-order valence-electron chi connectivity index (χ0n) is 13.6. The number of hydrogen-bond acceptors (Lipinski definition) is 5. The Kier molecular flexibility index (Phi) is 5.41. The summed E-state index contributed by atoms with van der Waals surface area (Å²) in [7, 11) is 3.20. The molecular weight excluding hydrogens is 294 g/mol. The van der Waals surface area contributed by atoms with Gasteiger partial charge in [-0.1, -0.05) is 24.2 Å². The van der Waals surface area contributed by atoms with Crippen molar-refractivity contribution in [1.29, 1.82) is 0 Å². The highest BCUT2D eigenvalue weighted by molar-refractivity contribution is 5.97. The number of amides is 1. The van der Waals surface area contributed by atoms with E-state index < -0.39 is 0 Å². The predicted molar refractivity (Wildman–Crippen MR) is 88.1 cm³/mol. The molecule has 0 aliphatic rings. The van der Waals surface area contributed by atoms with Gasteiger partial charge in [0, 0.05) is 25.2 Å². The summed E-state index contributed by atoms with van der Waals surface area (Å²) in [6.45, 7) is 1.92. The summed E-state index contributed by atoms with van der Waals surface area (Å²) in [4.78, 5) is 12.0. The maximum absolute atomic E-state index is 12.0. The van der Waals surface area contributed by atoms with Gasteiger partial charge in [0.15, 0.2) is 5.76 Å². The van der Waals surface area contributed by atoms with E-state index in [9.17, 15) is 4.79 Å². The minimum Gasteiger partial charge on any atom is -0.497 e. The van der Waals surface area contributed by atoms with Crippen molar-refractivity contribution in [3.8, 4) is 5.75 Å². The third kappa shape index (κ3) is 3.91. The summed E-state index contributed by atoms with van der Waals surface area (Å²) in [5.41, 5.74) is 8.76. The zero-order valence-corrected chi connectivity index (χ0v) is 13.6. The molecule has 2 aromatic rings. The summed E-state index contributed by atoms with van der Waals surface area (Å²) < 4.78 is 10.4. The molecule has 0 unspecified atom stereocenters. The van der Waals surface area contributed by atoms with E-state index in [0.29, 0.717) is 35.6 Å². The van der Waals surface area contributed by atoms with Crippen LogP contribution >= 0.6 is 0 Å². The van der Waals surface area contributed by atoms with Gasteiger partial charge >= 0.3 is 0 Å². The van der Waals surface area contributed by atoms with Crippen molar-refractivity contribution in [2.24, 2.45) is 5.73 Å². The van der Waals surface area contributed by atoms with E-state index in [4.69, 9.17) is 15.0 Å². The van der Waals surface area contributed by atoms with E-state index in [2.05, 4.69) is 10.5 Å². The first-order valence-corrected chi connectivity index (χ1v) is 7.38. The van der Waals surface area contributed by atoms with E-state index in [-0.39, 0.29) is 5.91 Å². The van der Waals surface area contributed by atoms with Crippen molar-refractivity contribution < 1.29 is 14.1 Å². The Hall–Kier alpha value is -2.76. The SMILES string of the molecule is CCc1noc(C=C(N)Cc2ccc(OC)cc2)c1C(=O)NC. The Bertz CT molecular complexity index is 702. The highest BCUT2D eigenvalue weighted by Gasteiger charge is 2.19. The molecule has 1 aromatic carbocycles. The van der Waals surface area contributed by atoms with Crippen LogP contribution < -0.4 is 15.8 Å². The number of hydrogen-bond donors (Lipinski definition) is 2. The van der Waals surface area contributed by atoms with Crippen LogP contribution in [0.5, 0.6) is 5.75 Å². The van der Waals surface area contributed by atoms with E-state index in [0.717, 1.165) is 11.3 Å². The Morgan fingerprint density at radius 2 is 2.09 bits per heavy atom. The van der Waals surface area contributed by atoms with Gasteiger partial charge in [-0.25, -0.2) is 0 Å². The highest BCUT2D eigenvalue weighted by Crippen LogP contribution is 2.19. The van der Waals surface area contributed by atoms with Gasteiger partial charge in [-0.2, -0.15) is 0 Å². The first-order valence-electron chi connectivity index (χ1n) is 7.38. The summed E-state index contributed by atoms with van der Waals surface area (Å²) in [5.74, 6) is 0.944. The van der Waals surface area contributed by atoms with Crippen LogP contribution in [0, 0.1) is 0 Å². The summed E-state index contributed by atoms with van der Waals surface area (Å²) >= 11 is 0. The summed E-state index contributed by atoms with van der Waals surface area (Å²) in [6, 6.07) is 7.64. The molecule has 0 saturated carbocycles. The van der Waals surface area contributed by atoms with Crippen molar-refractivity contribution in [1.82, 2.24) is 10.5 Å². The molecule has 0 bridgehead atoms. The molecule has 0 fully saturated rings. The molecule has 6 nitrogen and oxygen atoms in total. The maximum atomic E-state index is 12.0. The van der Waals surface area contributed by atoms with Gasteiger partial charge in [-0.15, -0.1) is 0 Å². The van der Waals surface area contributed by atoms with Crippen molar-refractivity contribution in [2.75, 3.05) is 14.2 Å². The van der Waals surface area contributed by atoms with Crippen LogP contribution in [0.1, 0.15) is 34.3 Å². The van der Waals surface area contributed by atoms with E-state index in [1.54, 1.807) is 20.2 Å². The van der Waals surface area contributed by atoms with Gasteiger partial charge in [-0.3, -0.25) is 4.79 Å². The summed E-state index contributed by atoms with van der Waals surface area (Å²) in [6.07, 6.45) is 2.80. The standard InChI is InChI=1S/C17H21N3O3/c1-4-14-16(17(21)19-2)15(23-20-14)10-12(18)9-11-5-7-13(22-3)8-6-11/h5-8,10H,4,9,18H2,1-3H3,(H,19,21). The van der Waals surface area contributed by atoms with Crippen LogP contribution in [-0.2, 0) is 12.8 Å². The van der Waals surface area contributed by atoms with Crippen LogP contribution in [0.4, 0.5) is 0 Å². The number of carbonyl (C=O) groups excluding carboxylic acids is 1. The topological polar surface area (TPSA) is 90.4 Å². The molecular formula is C17H21N3O3. The number of nitrogens with zero attached hydrogens (tertiary/aromatic N) is 1. The number of allylic oxidation sites excluding steroid dienone is 1. The lowest BCUT2D eigenvalue weighted by molar-refractivity contribution is 0.0961. The van der Waals surface area contributed by atoms with Crippen LogP contribution in [0.15, 0.2) is 34.5 Å². The number of aryl methyl sites for hydroxylation is 1. The smallest absolute Gasteiger partial charge is 0.256 e. The Balaban J connectivity index is 2.23. The number of nitrogens with one attached hydrogen (secondary N) is 1. The van der Waals surface area contributed by atoms with Gasteiger partial charge in [0.05, 0.1) is 12.8 Å². The largest absolute Gasteiger partial charge is 0.497 e. The molecule has 0 aliphatic carbocycles. The van der Waals surface area contributed by atoms with Gasteiger partial charge in [0.25, 0.3) is 5.91 Å². The molecule has 0 saturated heterocycles. The van der Waals surface area contributed by atoms with Crippen molar-refractivity contribution in [3.05, 3.63) is 52.5 Å². The minimum absolute atomic E-state index is 0.230. The van der Waals surface area contributed by atoms with Crippen LogP contribution in [0.3, 0.4) is 0 Å². The molecule has 6 heteroatoms. The molecule has 2 rings (SSSR count). The number of rotatable bonds is 6. The minimum atomic E-state index is -0.230. The monoisotopic (exact) mass is 315 g/mol. The Labute approximate surface area is 135 Å². The molecule has 1 heterocycles. The molecule has 1 aromatic heterocycles. The number of methoxy groups -OCH3 is 1.